The minimum absolute atomic E-state index is 0.148. The number of hydrogen-bond acceptors (Lipinski definition) is 7. The molecule has 0 aromatic rings. The van der Waals surface area contributed by atoms with Crippen LogP contribution in [-0.4, -0.2) is 63.7 Å². The molecule has 0 aromatic heterocycles. The molecule has 198 valence electrons. The molecular weight excluding hydrogens is 460 g/mol. The van der Waals surface area contributed by atoms with Gasteiger partial charge in [-0.05, 0) is 64.4 Å². The summed E-state index contributed by atoms with van der Waals surface area (Å²) in [6.45, 7) is 9.59. The summed E-state index contributed by atoms with van der Waals surface area (Å²) in [6, 6.07) is 0. The summed E-state index contributed by atoms with van der Waals surface area (Å²) < 4.78 is 11.7. The second kappa shape index (κ2) is 8.10. The lowest BCUT2D eigenvalue weighted by Gasteiger charge is -2.65. The fraction of sp³-hybridized carbons (Fsp3) is 0.724. The summed E-state index contributed by atoms with van der Waals surface area (Å²) in [5.74, 6) is -1.42. The predicted octanol–water partition coefficient (Wildman–Crippen LogP) is 3.02. The van der Waals surface area contributed by atoms with Crippen molar-refractivity contribution in [2.75, 3.05) is 7.11 Å². The van der Waals surface area contributed by atoms with Crippen LogP contribution >= 0.6 is 0 Å². The van der Waals surface area contributed by atoms with E-state index in [9.17, 15) is 24.9 Å². The topological polar surface area (TPSA) is 113 Å². The van der Waals surface area contributed by atoms with Crippen molar-refractivity contribution in [1.29, 1.82) is 0 Å². The number of carbonyl (C=O) groups is 2. The highest BCUT2D eigenvalue weighted by atomic mass is 16.5. The molecule has 5 aliphatic rings. The zero-order valence-electron chi connectivity index (χ0n) is 22.2. The largest absolute Gasteiger partial charge is 0.458 e. The van der Waals surface area contributed by atoms with Gasteiger partial charge in [0.2, 0.25) is 0 Å². The molecule has 0 saturated heterocycles. The number of fused-ring (bicyclic) bond motifs is 5. The van der Waals surface area contributed by atoms with Crippen molar-refractivity contribution in [3.8, 4) is 0 Å². The molecule has 1 heterocycles. The van der Waals surface area contributed by atoms with Gasteiger partial charge in [-0.15, -0.1) is 0 Å². The van der Waals surface area contributed by atoms with Crippen LogP contribution in [-0.2, 0) is 19.1 Å². The summed E-state index contributed by atoms with van der Waals surface area (Å²) in [5, 5.41) is 35.5. The van der Waals surface area contributed by atoms with Crippen LogP contribution in [0.15, 0.2) is 34.9 Å². The third-order valence-electron chi connectivity index (χ3n) is 11.2. The van der Waals surface area contributed by atoms with E-state index in [-0.39, 0.29) is 42.5 Å². The van der Waals surface area contributed by atoms with Crippen LogP contribution in [0.3, 0.4) is 0 Å². The molecule has 2 fully saturated rings. The van der Waals surface area contributed by atoms with Crippen LogP contribution in [0.1, 0.15) is 66.7 Å². The minimum Gasteiger partial charge on any atom is -0.458 e. The number of cyclic esters (lactones) is 1. The lowest BCUT2D eigenvalue weighted by atomic mass is 9.41. The Balaban J connectivity index is 1.55. The summed E-state index contributed by atoms with van der Waals surface area (Å²) in [4.78, 5) is 25.8. The van der Waals surface area contributed by atoms with Gasteiger partial charge in [-0.1, -0.05) is 37.1 Å². The van der Waals surface area contributed by atoms with Crippen molar-refractivity contribution in [1.82, 2.24) is 0 Å². The highest BCUT2D eigenvalue weighted by Gasteiger charge is 2.74. The molecule has 4 aliphatic carbocycles. The van der Waals surface area contributed by atoms with Crippen LogP contribution in [0.5, 0.6) is 0 Å². The standard InChI is InChI=1S/C29H40O7/c1-15-12-21(36-25(32)16(15)2)17(3)19-14-24(35-6)29(34)20-13-23(31)28(33)10-7-8-22(30)27(28,5)18(20)9-11-26(19,29)4/h7-8,14,17-18,20-21,23-24,31,33-34H,9-13H2,1-6H3/t17-,18-,20+,21+,23+,24+,26+,27-,28-,29+/m0/s1. The van der Waals surface area contributed by atoms with E-state index in [1.54, 1.807) is 27.0 Å². The molecule has 0 aromatic carbocycles. The number of ether oxygens (including phenoxy) is 2. The van der Waals surface area contributed by atoms with Crippen LogP contribution < -0.4 is 0 Å². The number of carbonyl (C=O) groups excluding carboxylic acids is 2. The third-order valence-corrected chi connectivity index (χ3v) is 11.2. The second-order valence-electron chi connectivity index (χ2n) is 12.4. The highest BCUT2D eigenvalue weighted by molar-refractivity contribution is 5.97. The van der Waals surface area contributed by atoms with Crippen molar-refractivity contribution in [3.05, 3.63) is 34.9 Å². The van der Waals surface area contributed by atoms with E-state index in [0.717, 1.165) is 11.1 Å². The molecule has 1 aliphatic heterocycles. The SMILES string of the molecule is CO[C@@H]1C=C([C@H](C)[C@H]2CC(C)=C(C)C(=O)O2)[C@@]2(C)CC[C@H]3[C@@H](C[C@@H](O)[C@@]4(O)CC=CC(=O)[C@]34C)[C@@]12O. The van der Waals surface area contributed by atoms with Gasteiger partial charge in [-0.2, -0.15) is 0 Å². The van der Waals surface area contributed by atoms with Gasteiger partial charge in [0, 0.05) is 30.4 Å². The monoisotopic (exact) mass is 500 g/mol. The van der Waals surface area contributed by atoms with Crippen molar-refractivity contribution >= 4 is 11.8 Å². The predicted molar refractivity (Wildman–Crippen MR) is 133 cm³/mol. The van der Waals surface area contributed by atoms with Crippen molar-refractivity contribution < 1.29 is 34.4 Å². The van der Waals surface area contributed by atoms with E-state index in [1.165, 1.54) is 6.08 Å². The van der Waals surface area contributed by atoms with Gasteiger partial charge in [-0.25, -0.2) is 4.79 Å². The summed E-state index contributed by atoms with van der Waals surface area (Å²) in [7, 11) is 1.57. The van der Waals surface area contributed by atoms with Crippen LogP contribution in [0.4, 0.5) is 0 Å². The smallest absolute Gasteiger partial charge is 0.333 e. The number of rotatable bonds is 3. The van der Waals surface area contributed by atoms with E-state index in [2.05, 4.69) is 0 Å². The first-order valence-electron chi connectivity index (χ1n) is 13.2. The van der Waals surface area contributed by atoms with E-state index in [1.807, 2.05) is 26.8 Å². The highest BCUT2D eigenvalue weighted by Crippen LogP contribution is 2.68. The van der Waals surface area contributed by atoms with Gasteiger partial charge >= 0.3 is 5.97 Å². The first-order valence-corrected chi connectivity index (χ1v) is 13.2. The number of esters is 1. The Kier molecular flexibility index (Phi) is 5.81. The number of aliphatic hydroxyl groups is 3. The Morgan fingerprint density at radius 3 is 2.50 bits per heavy atom. The average molecular weight is 501 g/mol. The summed E-state index contributed by atoms with van der Waals surface area (Å²) >= 11 is 0. The van der Waals surface area contributed by atoms with Crippen molar-refractivity contribution in [3.63, 3.8) is 0 Å². The Morgan fingerprint density at radius 1 is 1.17 bits per heavy atom. The van der Waals surface area contributed by atoms with Gasteiger partial charge in [0.15, 0.2) is 5.78 Å². The van der Waals surface area contributed by atoms with E-state index >= 15 is 0 Å². The Morgan fingerprint density at radius 2 is 1.86 bits per heavy atom. The third kappa shape index (κ3) is 2.94. The number of allylic oxidation sites excluding steroid dienone is 1. The average Bonchev–Trinajstić information content (AvgIpc) is 3.07. The molecule has 0 amide bonds. The Labute approximate surface area is 213 Å². The molecule has 0 unspecified atom stereocenters. The van der Waals surface area contributed by atoms with Crippen molar-refractivity contribution in [2.24, 2.45) is 28.6 Å². The molecule has 0 spiro atoms. The van der Waals surface area contributed by atoms with Gasteiger partial charge < -0.3 is 24.8 Å². The lowest BCUT2D eigenvalue weighted by Crippen LogP contribution is -2.74. The summed E-state index contributed by atoms with van der Waals surface area (Å²) in [5.41, 5.74) is -2.19. The Hall–Kier alpha value is -1.80. The fourth-order valence-corrected chi connectivity index (χ4v) is 8.61. The number of aliphatic hydroxyl groups excluding tert-OH is 1. The quantitative estimate of drug-likeness (QED) is 0.403. The maximum atomic E-state index is 13.3. The van der Waals surface area contributed by atoms with Gasteiger partial charge in [0.05, 0.1) is 11.5 Å². The Bertz CT molecular complexity index is 1090. The van der Waals surface area contributed by atoms with E-state index in [0.29, 0.717) is 24.8 Å². The molecule has 7 nitrogen and oxygen atoms in total. The maximum Gasteiger partial charge on any atom is 0.333 e. The molecule has 3 N–H and O–H groups in total. The fourth-order valence-electron chi connectivity index (χ4n) is 8.61. The number of hydrogen-bond donors (Lipinski definition) is 3. The zero-order chi connectivity index (χ0) is 26.4. The van der Waals surface area contributed by atoms with E-state index < -0.39 is 40.2 Å². The molecule has 2 saturated carbocycles. The number of ketones is 1. The van der Waals surface area contributed by atoms with Crippen LogP contribution in [0.25, 0.3) is 0 Å². The van der Waals surface area contributed by atoms with Gasteiger partial charge in [0.1, 0.15) is 23.4 Å². The van der Waals surface area contributed by atoms with Crippen LogP contribution in [0.2, 0.25) is 0 Å². The molecule has 5 rings (SSSR count). The normalized spacial score (nSPS) is 49.1. The molecule has 7 heteroatoms. The zero-order valence-corrected chi connectivity index (χ0v) is 22.2. The molecule has 36 heavy (non-hydrogen) atoms. The molecule has 10 atom stereocenters. The van der Waals surface area contributed by atoms with Gasteiger partial charge in [0.25, 0.3) is 0 Å². The summed E-state index contributed by atoms with van der Waals surface area (Å²) in [6.07, 6.45) is 5.25. The van der Waals surface area contributed by atoms with Gasteiger partial charge in [-0.3, -0.25) is 4.79 Å². The second-order valence-corrected chi connectivity index (χ2v) is 12.4. The van der Waals surface area contributed by atoms with E-state index in [4.69, 9.17) is 9.47 Å². The molecule has 0 bridgehead atoms. The maximum absolute atomic E-state index is 13.3. The minimum atomic E-state index is -1.56. The van der Waals surface area contributed by atoms with Crippen LogP contribution in [0, 0.1) is 28.6 Å². The molecular formula is C29H40O7. The van der Waals surface area contributed by atoms with Crippen molar-refractivity contribution in [2.45, 2.75) is 96.2 Å². The molecule has 0 radical (unpaired) electrons. The number of methoxy groups -OCH3 is 1. The first-order chi connectivity index (χ1) is 16.8. The lowest BCUT2D eigenvalue weighted by molar-refractivity contribution is -0.273. The first kappa shape index (κ1) is 25.8.